The standard InChI is InChI=1S/C10H12FNO2/c1-6-2-7(4-8(11)3-6)5-9(12)10(13)14/h2-4,9H,5,12H2,1H3,(H,13,14)/t9-/m1/s1. The molecule has 0 aliphatic rings. The van der Waals surface area contributed by atoms with Crippen molar-refractivity contribution in [3.05, 3.63) is 35.1 Å². The maximum atomic E-state index is 12.9. The van der Waals surface area contributed by atoms with E-state index in [1.54, 1.807) is 13.0 Å². The Morgan fingerprint density at radius 2 is 2.21 bits per heavy atom. The summed E-state index contributed by atoms with van der Waals surface area (Å²) in [6.45, 7) is 1.75. The third kappa shape index (κ3) is 2.81. The number of aryl methyl sites for hydroxylation is 1. The number of nitrogens with two attached hydrogens (primary N) is 1. The molecule has 14 heavy (non-hydrogen) atoms. The van der Waals surface area contributed by atoms with Gasteiger partial charge in [-0.3, -0.25) is 4.79 Å². The normalized spacial score (nSPS) is 12.5. The molecule has 0 radical (unpaired) electrons. The maximum Gasteiger partial charge on any atom is 0.320 e. The Morgan fingerprint density at radius 3 is 2.71 bits per heavy atom. The number of aliphatic carboxylic acids is 1. The minimum Gasteiger partial charge on any atom is -0.480 e. The molecule has 0 fully saturated rings. The van der Waals surface area contributed by atoms with Crippen LogP contribution in [0.1, 0.15) is 11.1 Å². The lowest BCUT2D eigenvalue weighted by Crippen LogP contribution is -2.32. The van der Waals surface area contributed by atoms with E-state index in [-0.39, 0.29) is 12.2 Å². The summed E-state index contributed by atoms with van der Waals surface area (Å²) in [4.78, 5) is 10.5. The lowest BCUT2D eigenvalue weighted by atomic mass is 10.0. The molecule has 1 atom stereocenters. The quantitative estimate of drug-likeness (QED) is 0.762. The van der Waals surface area contributed by atoms with Crippen molar-refractivity contribution in [1.82, 2.24) is 0 Å². The summed E-state index contributed by atoms with van der Waals surface area (Å²) in [6.07, 6.45) is 0.147. The molecule has 1 aromatic rings. The van der Waals surface area contributed by atoms with Gasteiger partial charge in [-0.25, -0.2) is 4.39 Å². The summed E-state index contributed by atoms with van der Waals surface area (Å²) in [7, 11) is 0. The number of halogens is 1. The molecule has 0 unspecified atom stereocenters. The van der Waals surface area contributed by atoms with Crippen LogP contribution in [-0.4, -0.2) is 17.1 Å². The molecule has 3 N–H and O–H groups in total. The fourth-order valence-corrected chi connectivity index (χ4v) is 1.27. The number of carbonyl (C=O) groups is 1. The van der Waals surface area contributed by atoms with Gasteiger partial charge in [-0.2, -0.15) is 0 Å². The van der Waals surface area contributed by atoms with Crippen molar-refractivity contribution in [1.29, 1.82) is 0 Å². The van der Waals surface area contributed by atoms with Gasteiger partial charge < -0.3 is 10.8 Å². The summed E-state index contributed by atoms with van der Waals surface area (Å²) in [6, 6.07) is 3.44. The molecule has 0 saturated carbocycles. The van der Waals surface area contributed by atoms with Gasteiger partial charge in [0.25, 0.3) is 0 Å². The van der Waals surface area contributed by atoms with E-state index >= 15 is 0 Å². The van der Waals surface area contributed by atoms with Gasteiger partial charge in [0, 0.05) is 0 Å². The number of carboxylic acids is 1. The Labute approximate surface area is 81.4 Å². The SMILES string of the molecule is Cc1cc(F)cc(C[C@@H](N)C(=O)O)c1. The van der Waals surface area contributed by atoms with Gasteiger partial charge >= 0.3 is 5.97 Å². The van der Waals surface area contributed by atoms with Gasteiger partial charge in [0.2, 0.25) is 0 Å². The van der Waals surface area contributed by atoms with Crippen molar-refractivity contribution in [2.75, 3.05) is 0 Å². The zero-order valence-electron chi connectivity index (χ0n) is 7.83. The van der Waals surface area contributed by atoms with Crippen LogP contribution in [0.4, 0.5) is 4.39 Å². The Balaban J connectivity index is 2.81. The van der Waals surface area contributed by atoms with Crippen molar-refractivity contribution in [2.45, 2.75) is 19.4 Å². The van der Waals surface area contributed by atoms with E-state index < -0.39 is 12.0 Å². The lowest BCUT2D eigenvalue weighted by Gasteiger charge is -2.07. The van der Waals surface area contributed by atoms with Crippen LogP contribution in [0, 0.1) is 12.7 Å². The minimum absolute atomic E-state index is 0.147. The van der Waals surface area contributed by atoms with Gasteiger partial charge in [0.15, 0.2) is 0 Å². The van der Waals surface area contributed by atoms with E-state index in [0.717, 1.165) is 5.56 Å². The third-order valence-electron chi connectivity index (χ3n) is 1.87. The van der Waals surface area contributed by atoms with Gasteiger partial charge in [-0.05, 0) is 36.6 Å². The van der Waals surface area contributed by atoms with Gasteiger partial charge in [0.05, 0.1) is 0 Å². The third-order valence-corrected chi connectivity index (χ3v) is 1.87. The second kappa shape index (κ2) is 4.19. The summed E-state index contributed by atoms with van der Waals surface area (Å²) in [5, 5.41) is 8.56. The van der Waals surface area contributed by atoms with Crippen molar-refractivity contribution in [3.8, 4) is 0 Å². The fourth-order valence-electron chi connectivity index (χ4n) is 1.27. The fraction of sp³-hybridized carbons (Fsp3) is 0.300. The number of hydrogen-bond donors (Lipinski definition) is 2. The van der Waals surface area contributed by atoms with Crippen molar-refractivity contribution in [3.63, 3.8) is 0 Å². The van der Waals surface area contributed by atoms with Crippen LogP contribution in [0.25, 0.3) is 0 Å². The molecule has 1 rings (SSSR count). The molecule has 0 amide bonds. The van der Waals surface area contributed by atoms with Gasteiger partial charge in [0.1, 0.15) is 11.9 Å². The van der Waals surface area contributed by atoms with Crippen LogP contribution in [-0.2, 0) is 11.2 Å². The van der Waals surface area contributed by atoms with Crippen LogP contribution in [0.15, 0.2) is 18.2 Å². The van der Waals surface area contributed by atoms with Crippen LogP contribution in [0.3, 0.4) is 0 Å². The molecule has 1 aromatic carbocycles. The van der Waals surface area contributed by atoms with E-state index in [1.165, 1.54) is 12.1 Å². The number of benzene rings is 1. The maximum absolute atomic E-state index is 12.9. The first-order valence-corrected chi connectivity index (χ1v) is 4.23. The average Bonchev–Trinajstić information content (AvgIpc) is 2.01. The van der Waals surface area contributed by atoms with E-state index in [2.05, 4.69) is 0 Å². The summed E-state index contributed by atoms with van der Waals surface area (Å²) >= 11 is 0. The number of carboxylic acid groups (broad SMARTS) is 1. The van der Waals surface area contributed by atoms with Crippen molar-refractivity contribution in [2.24, 2.45) is 5.73 Å². The summed E-state index contributed by atoms with van der Waals surface area (Å²) < 4.78 is 12.9. The summed E-state index contributed by atoms with van der Waals surface area (Å²) in [5.74, 6) is -1.44. The van der Waals surface area contributed by atoms with E-state index in [9.17, 15) is 9.18 Å². The highest BCUT2D eigenvalue weighted by atomic mass is 19.1. The molecule has 0 spiro atoms. The number of hydrogen-bond acceptors (Lipinski definition) is 2. The van der Waals surface area contributed by atoms with Crippen LogP contribution in [0.2, 0.25) is 0 Å². The zero-order chi connectivity index (χ0) is 10.7. The van der Waals surface area contributed by atoms with Crippen molar-refractivity contribution >= 4 is 5.97 Å². The van der Waals surface area contributed by atoms with Gasteiger partial charge in [-0.1, -0.05) is 6.07 Å². The predicted octanol–water partition coefficient (Wildman–Crippen LogP) is 1.09. The van der Waals surface area contributed by atoms with Gasteiger partial charge in [-0.15, -0.1) is 0 Å². The van der Waals surface area contributed by atoms with Crippen LogP contribution in [0.5, 0.6) is 0 Å². The van der Waals surface area contributed by atoms with E-state index in [0.29, 0.717) is 5.56 Å². The van der Waals surface area contributed by atoms with Crippen molar-refractivity contribution < 1.29 is 14.3 Å². The molecule has 0 bridgehead atoms. The minimum atomic E-state index is -1.08. The molecule has 0 aromatic heterocycles. The topological polar surface area (TPSA) is 63.3 Å². The largest absolute Gasteiger partial charge is 0.480 e. The highest BCUT2D eigenvalue weighted by Gasteiger charge is 2.12. The average molecular weight is 197 g/mol. The molecule has 0 aliphatic carbocycles. The lowest BCUT2D eigenvalue weighted by molar-refractivity contribution is -0.138. The molecule has 4 heteroatoms. The monoisotopic (exact) mass is 197 g/mol. The smallest absolute Gasteiger partial charge is 0.320 e. The first-order valence-electron chi connectivity index (χ1n) is 4.23. The van der Waals surface area contributed by atoms with E-state index in [4.69, 9.17) is 10.8 Å². The molecule has 0 heterocycles. The predicted molar refractivity (Wildman–Crippen MR) is 50.5 cm³/mol. The Morgan fingerprint density at radius 1 is 1.57 bits per heavy atom. The second-order valence-corrected chi connectivity index (χ2v) is 3.29. The summed E-state index contributed by atoms with van der Waals surface area (Å²) in [5.41, 5.74) is 6.70. The zero-order valence-corrected chi connectivity index (χ0v) is 7.83. The molecule has 3 nitrogen and oxygen atoms in total. The first-order chi connectivity index (χ1) is 6.49. The second-order valence-electron chi connectivity index (χ2n) is 3.29. The van der Waals surface area contributed by atoms with Crippen LogP contribution >= 0.6 is 0 Å². The van der Waals surface area contributed by atoms with Crippen LogP contribution < -0.4 is 5.73 Å². The molecule has 0 saturated heterocycles. The highest BCUT2D eigenvalue weighted by molar-refractivity contribution is 5.73. The Kier molecular flexibility index (Phi) is 3.19. The molecular formula is C10H12FNO2. The Hall–Kier alpha value is -1.42. The first kappa shape index (κ1) is 10.7. The molecule has 0 aliphatic heterocycles. The molecule has 76 valence electrons. The Bertz CT molecular complexity index is 332. The highest BCUT2D eigenvalue weighted by Crippen LogP contribution is 2.09. The van der Waals surface area contributed by atoms with E-state index in [1.807, 2.05) is 0 Å². The number of rotatable bonds is 3. The molecular weight excluding hydrogens is 185 g/mol.